The second-order valence-corrected chi connectivity index (χ2v) is 5.42. The van der Waals surface area contributed by atoms with E-state index in [2.05, 4.69) is 25.6 Å². The molecule has 0 unspecified atom stereocenters. The number of benzene rings is 1. The van der Waals surface area contributed by atoms with Gasteiger partial charge in [0, 0.05) is 0 Å². The number of azo groups is 1. The number of methoxy groups -OCH3 is 1. The molecule has 5 nitrogen and oxygen atoms in total. The van der Waals surface area contributed by atoms with Gasteiger partial charge < -0.3 is 4.74 Å². The summed E-state index contributed by atoms with van der Waals surface area (Å²) in [4.78, 5) is 8.47. The molecule has 0 fully saturated rings. The summed E-state index contributed by atoms with van der Waals surface area (Å²) in [7, 11) is 1.65. The standard InChI is InChI=1S/C15H14N4OS/c1-10-8-21-14-13(10)16-9-17-15(14)19-18-7-11-3-5-12(20-2)6-4-11/h3-6,8-9H,7H2,1-2H3. The summed E-state index contributed by atoms with van der Waals surface area (Å²) >= 11 is 1.60. The fraction of sp³-hybridized carbons (Fsp3) is 0.200. The van der Waals surface area contributed by atoms with Crippen molar-refractivity contribution in [3.63, 3.8) is 0 Å². The van der Waals surface area contributed by atoms with Crippen LogP contribution < -0.4 is 4.74 Å². The molecule has 3 rings (SSSR count). The zero-order valence-corrected chi connectivity index (χ0v) is 12.6. The summed E-state index contributed by atoms with van der Waals surface area (Å²) in [5.41, 5.74) is 3.17. The topological polar surface area (TPSA) is 59.7 Å². The highest BCUT2D eigenvalue weighted by molar-refractivity contribution is 7.17. The zero-order valence-electron chi connectivity index (χ0n) is 11.8. The van der Waals surface area contributed by atoms with Crippen LogP contribution in [0, 0.1) is 6.92 Å². The van der Waals surface area contributed by atoms with E-state index in [1.807, 2.05) is 31.2 Å². The van der Waals surface area contributed by atoms with E-state index in [1.54, 1.807) is 18.4 Å². The highest BCUT2D eigenvalue weighted by Crippen LogP contribution is 2.30. The number of ether oxygens (including phenoxy) is 1. The summed E-state index contributed by atoms with van der Waals surface area (Å²) in [6, 6.07) is 7.78. The SMILES string of the molecule is COc1ccc(CN=Nc2ncnc3c(C)csc23)cc1. The predicted octanol–water partition coefficient (Wildman–Crippen LogP) is 4.29. The van der Waals surface area contributed by atoms with Crippen LogP contribution in [0.4, 0.5) is 5.82 Å². The molecule has 0 aliphatic carbocycles. The van der Waals surface area contributed by atoms with Gasteiger partial charge in [0.2, 0.25) is 0 Å². The molecule has 21 heavy (non-hydrogen) atoms. The normalized spacial score (nSPS) is 11.3. The summed E-state index contributed by atoms with van der Waals surface area (Å²) < 4.78 is 6.10. The maximum Gasteiger partial charge on any atom is 0.195 e. The van der Waals surface area contributed by atoms with Gasteiger partial charge in [-0.1, -0.05) is 12.1 Å². The van der Waals surface area contributed by atoms with Gasteiger partial charge in [0.15, 0.2) is 5.82 Å². The van der Waals surface area contributed by atoms with Crippen LogP contribution in [-0.2, 0) is 6.54 Å². The van der Waals surface area contributed by atoms with E-state index in [9.17, 15) is 0 Å². The lowest BCUT2D eigenvalue weighted by Gasteiger charge is -2.00. The molecule has 0 saturated heterocycles. The summed E-state index contributed by atoms with van der Waals surface area (Å²) in [5.74, 6) is 1.47. The minimum absolute atomic E-state index is 0.514. The maximum atomic E-state index is 5.12. The number of rotatable bonds is 4. The quantitative estimate of drug-likeness (QED) is 0.675. The molecular weight excluding hydrogens is 284 g/mol. The number of hydrogen-bond donors (Lipinski definition) is 0. The van der Waals surface area contributed by atoms with Gasteiger partial charge in [0.1, 0.15) is 12.1 Å². The van der Waals surface area contributed by atoms with E-state index in [1.165, 1.54) is 6.33 Å². The first kappa shape index (κ1) is 13.6. The number of hydrogen-bond acceptors (Lipinski definition) is 6. The Morgan fingerprint density at radius 3 is 2.76 bits per heavy atom. The largest absolute Gasteiger partial charge is 0.497 e. The molecule has 106 valence electrons. The highest BCUT2D eigenvalue weighted by atomic mass is 32.1. The summed E-state index contributed by atoms with van der Waals surface area (Å²) in [6.07, 6.45) is 1.53. The van der Waals surface area contributed by atoms with Gasteiger partial charge in [-0.25, -0.2) is 9.97 Å². The smallest absolute Gasteiger partial charge is 0.195 e. The Bertz CT molecular complexity index is 780. The van der Waals surface area contributed by atoms with Crippen molar-refractivity contribution in [1.29, 1.82) is 0 Å². The third-order valence-electron chi connectivity index (χ3n) is 3.09. The average molecular weight is 298 g/mol. The van der Waals surface area contributed by atoms with Crippen molar-refractivity contribution >= 4 is 27.4 Å². The average Bonchev–Trinajstić information content (AvgIpc) is 2.91. The van der Waals surface area contributed by atoms with Crippen molar-refractivity contribution in [1.82, 2.24) is 9.97 Å². The first-order chi connectivity index (χ1) is 10.3. The Hall–Kier alpha value is -2.34. The molecule has 0 saturated carbocycles. The van der Waals surface area contributed by atoms with Crippen LogP contribution in [0.1, 0.15) is 11.1 Å². The monoisotopic (exact) mass is 298 g/mol. The third-order valence-corrected chi connectivity index (χ3v) is 4.17. The fourth-order valence-corrected chi connectivity index (χ4v) is 2.87. The molecule has 0 amide bonds. The van der Waals surface area contributed by atoms with Crippen LogP contribution in [0.2, 0.25) is 0 Å². The van der Waals surface area contributed by atoms with E-state index in [-0.39, 0.29) is 0 Å². The van der Waals surface area contributed by atoms with Gasteiger partial charge in [0.05, 0.1) is 23.9 Å². The molecule has 1 aromatic carbocycles. The second-order valence-electron chi connectivity index (χ2n) is 4.54. The molecule has 3 aromatic rings. The molecule has 2 heterocycles. The van der Waals surface area contributed by atoms with Crippen LogP contribution in [0.25, 0.3) is 10.2 Å². The predicted molar refractivity (Wildman–Crippen MR) is 83.4 cm³/mol. The molecule has 0 radical (unpaired) electrons. The van der Waals surface area contributed by atoms with Crippen LogP contribution in [0.5, 0.6) is 5.75 Å². The molecule has 0 atom stereocenters. The van der Waals surface area contributed by atoms with Gasteiger partial charge in [0.25, 0.3) is 0 Å². The van der Waals surface area contributed by atoms with Crippen molar-refractivity contribution in [2.24, 2.45) is 10.2 Å². The van der Waals surface area contributed by atoms with Gasteiger partial charge >= 0.3 is 0 Å². The first-order valence-corrected chi connectivity index (χ1v) is 7.35. The van der Waals surface area contributed by atoms with Crippen molar-refractivity contribution in [2.75, 3.05) is 7.11 Å². The molecule has 2 aromatic heterocycles. The lowest BCUT2D eigenvalue weighted by atomic mass is 10.2. The van der Waals surface area contributed by atoms with Crippen LogP contribution in [0.15, 0.2) is 46.2 Å². The Labute approximate surface area is 126 Å². The molecule has 0 spiro atoms. The van der Waals surface area contributed by atoms with Crippen LogP contribution in [-0.4, -0.2) is 17.1 Å². The van der Waals surface area contributed by atoms with E-state index >= 15 is 0 Å². The Kier molecular flexibility index (Phi) is 3.87. The van der Waals surface area contributed by atoms with Gasteiger partial charge in [-0.2, -0.15) is 5.11 Å². The van der Waals surface area contributed by atoms with Gasteiger partial charge in [-0.3, -0.25) is 0 Å². The van der Waals surface area contributed by atoms with Gasteiger partial charge in [-0.15, -0.1) is 16.5 Å². The maximum absolute atomic E-state index is 5.12. The number of nitrogens with zero attached hydrogens (tertiary/aromatic N) is 4. The molecular formula is C15H14N4OS. The Morgan fingerprint density at radius 1 is 1.19 bits per heavy atom. The van der Waals surface area contributed by atoms with Crippen LogP contribution in [0.3, 0.4) is 0 Å². The van der Waals surface area contributed by atoms with E-state index < -0.39 is 0 Å². The second kappa shape index (κ2) is 5.97. The fourth-order valence-electron chi connectivity index (χ4n) is 1.94. The summed E-state index contributed by atoms with van der Waals surface area (Å²) in [6.45, 7) is 2.55. The number of fused-ring (bicyclic) bond motifs is 1. The lowest BCUT2D eigenvalue weighted by molar-refractivity contribution is 0.414. The van der Waals surface area contributed by atoms with E-state index in [0.29, 0.717) is 12.4 Å². The van der Waals surface area contributed by atoms with Crippen molar-refractivity contribution in [3.8, 4) is 5.75 Å². The molecule has 0 bridgehead atoms. The van der Waals surface area contributed by atoms with Crippen molar-refractivity contribution < 1.29 is 4.74 Å². The summed E-state index contributed by atoms with van der Waals surface area (Å²) in [5, 5.41) is 10.5. The highest BCUT2D eigenvalue weighted by Gasteiger charge is 2.06. The minimum atomic E-state index is 0.514. The molecule has 0 aliphatic heterocycles. The number of thiophene rings is 1. The van der Waals surface area contributed by atoms with Gasteiger partial charge in [-0.05, 0) is 35.6 Å². The molecule has 6 heteroatoms. The molecule has 0 N–H and O–H groups in total. The minimum Gasteiger partial charge on any atom is -0.497 e. The molecule has 0 aliphatic rings. The number of aromatic nitrogens is 2. The third kappa shape index (κ3) is 2.90. The van der Waals surface area contributed by atoms with Crippen molar-refractivity contribution in [3.05, 3.63) is 47.1 Å². The van der Waals surface area contributed by atoms with E-state index in [0.717, 1.165) is 27.1 Å². The van der Waals surface area contributed by atoms with Crippen LogP contribution >= 0.6 is 11.3 Å². The Balaban J connectivity index is 1.78. The first-order valence-electron chi connectivity index (χ1n) is 6.47. The number of aryl methyl sites for hydroxylation is 1. The lowest BCUT2D eigenvalue weighted by Crippen LogP contribution is -1.84. The Morgan fingerprint density at radius 2 is 2.00 bits per heavy atom. The zero-order chi connectivity index (χ0) is 14.7. The van der Waals surface area contributed by atoms with E-state index in [4.69, 9.17) is 4.74 Å². The van der Waals surface area contributed by atoms with Crippen molar-refractivity contribution in [2.45, 2.75) is 13.5 Å².